The van der Waals surface area contributed by atoms with Crippen LogP contribution in [0.5, 0.6) is 0 Å². The minimum Gasteiger partial charge on any atom is -0.459 e. The smallest absolute Gasteiger partial charge is 0.433 e. The van der Waals surface area contributed by atoms with E-state index in [0.29, 0.717) is 11.3 Å². The van der Waals surface area contributed by atoms with Crippen molar-refractivity contribution < 1.29 is 22.7 Å². The molecule has 36 heavy (non-hydrogen) atoms. The van der Waals surface area contributed by atoms with Gasteiger partial charge in [0.25, 0.3) is 0 Å². The van der Waals surface area contributed by atoms with Crippen LogP contribution in [0.3, 0.4) is 0 Å². The molecule has 10 heteroatoms. The molecule has 3 aromatic heterocycles. The van der Waals surface area contributed by atoms with E-state index in [1.54, 1.807) is 26.1 Å². The molecule has 184 valence electrons. The number of carbonyl (C=O) groups excluding carboxylic acids is 1. The number of fused-ring (bicyclic) bond motifs is 1. The molecule has 0 N–H and O–H groups in total. The van der Waals surface area contributed by atoms with Gasteiger partial charge in [-0.2, -0.15) is 13.2 Å². The largest absolute Gasteiger partial charge is 0.459 e. The van der Waals surface area contributed by atoms with Gasteiger partial charge < -0.3 is 4.74 Å². The van der Waals surface area contributed by atoms with Gasteiger partial charge >= 0.3 is 12.1 Å². The second-order valence-corrected chi connectivity index (χ2v) is 8.90. The molecule has 0 aliphatic heterocycles. The summed E-state index contributed by atoms with van der Waals surface area (Å²) in [6.07, 6.45) is 0.989. The van der Waals surface area contributed by atoms with E-state index >= 15 is 0 Å². The van der Waals surface area contributed by atoms with Crippen LogP contribution < -0.4 is 0 Å². The summed E-state index contributed by atoms with van der Waals surface area (Å²) >= 11 is 0. The van der Waals surface area contributed by atoms with Crippen molar-refractivity contribution in [2.75, 3.05) is 0 Å². The first-order chi connectivity index (χ1) is 17.2. The monoisotopic (exact) mass is 493 g/mol. The first-order valence-electron chi connectivity index (χ1n) is 11.5. The van der Waals surface area contributed by atoms with Crippen molar-refractivity contribution >= 4 is 28.6 Å². The molecule has 3 heterocycles. The predicted molar refractivity (Wildman–Crippen MR) is 127 cm³/mol. The third-order valence-electron chi connectivity index (χ3n) is 5.62. The molecule has 0 saturated heterocycles. The zero-order valence-electron chi connectivity index (χ0n) is 19.5. The average molecular weight is 493 g/mol. The molecule has 0 amide bonds. The maximum absolute atomic E-state index is 13.4. The van der Waals surface area contributed by atoms with Crippen LogP contribution in [0, 0.1) is 0 Å². The maximum atomic E-state index is 13.4. The third kappa shape index (κ3) is 5.12. The minimum atomic E-state index is -4.58. The van der Waals surface area contributed by atoms with Gasteiger partial charge in [0.2, 0.25) is 0 Å². The lowest BCUT2D eigenvalue weighted by atomic mass is 10.1. The Hall–Kier alpha value is -4.08. The van der Waals surface area contributed by atoms with Gasteiger partial charge in [-0.1, -0.05) is 18.2 Å². The van der Waals surface area contributed by atoms with Crippen LogP contribution >= 0.6 is 0 Å². The Morgan fingerprint density at radius 3 is 2.64 bits per heavy atom. The minimum absolute atomic E-state index is 0.0193. The first kappa shape index (κ1) is 23.7. The molecule has 1 saturated carbocycles. The van der Waals surface area contributed by atoms with Gasteiger partial charge in [-0.3, -0.25) is 4.98 Å². The van der Waals surface area contributed by atoms with Crippen LogP contribution in [0.4, 0.5) is 13.2 Å². The van der Waals surface area contributed by atoms with E-state index in [9.17, 15) is 18.0 Å². The molecule has 0 spiro atoms. The highest BCUT2D eigenvalue weighted by molar-refractivity contribution is 6.20. The number of esters is 1. The summed E-state index contributed by atoms with van der Waals surface area (Å²) in [5.41, 5.74) is 1.08. The molecular formula is C26H22F3N5O2. The second kappa shape index (κ2) is 9.18. The summed E-state index contributed by atoms with van der Waals surface area (Å²) < 4.78 is 47.0. The molecule has 4 aromatic rings. The topological polar surface area (TPSA) is 82.8 Å². The van der Waals surface area contributed by atoms with Crippen LogP contribution in [-0.4, -0.2) is 36.8 Å². The molecule has 1 aromatic carbocycles. The van der Waals surface area contributed by atoms with Gasteiger partial charge in [0.15, 0.2) is 5.82 Å². The van der Waals surface area contributed by atoms with Gasteiger partial charge in [0.1, 0.15) is 12.0 Å². The Bertz CT molecular complexity index is 1470. The lowest BCUT2D eigenvalue weighted by Gasteiger charge is -2.11. The number of rotatable bonds is 6. The average Bonchev–Trinajstić information content (AvgIpc) is 3.59. The van der Waals surface area contributed by atoms with Gasteiger partial charge in [0, 0.05) is 40.5 Å². The fraction of sp³-hybridized carbons (Fsp3) is 0.269. The van der Waals surface area contributed by atoms with Crippen molar-refractivity contribution in [3.8, 4) is 11.4 Å². The third-order valence-corrected chi connectivity index (χ3v) is 5.62. The lowest BCUT2D eigenvalue weighted by molar-refractivity contribution is -0.141. The second-order valence-electron chi connectivity index (χ2n) is 8.90. The SMILES string of the molecule is CC(C)OC(=O)/C(=C/n1cnc(-c2cc(C3CC3)nc(C(F)(F)F)c2)n1)c1cnc2ccccc2c1. The number of hydrogen-bond donors (Lipinski definition) is 0. The van der Waals surface area contributed by atoms with Crippen molar-refractivity contribution in [2.45, 2.75) is 44.9 Å². The molecule has 0 unspecified atom stereocenters. The molecule has 0 atom stereocenters. The molecule has 1 fully saturated rings. The van der Waals surface area contributed by atoms with Gasteiger partial charge in [-0.15, -0.1) is 5.10 Å². The molecule has 7 nitrogen and oxygen atoms in total. The summed E-state index contributed by atoms with van der Waals surface area (Å²) in [6, 6.07) is 11.8. The van der Waals surface area contributed by atoms with Crippen molar-refractivity contribution in [2.24, 2.45) is 0 Å². The van der Waals surface area contributed by atoms with Crippen molar-refractivity contribution in [3.05, 3.63) is 71.9 Å². The highest BCUT2D eigenvalue weighted by Gasteiger charge is 2.35. The normalized spacial score (nSPS) is 14.4. The van der Waals surface area contributed by atoms with Crippen LogP contribution in [0.25, 0.3) is 34.1 Å². The predicted octanol–water partition coefficient (Wildman–Crippen LogP) is 5.73. The lowest BCUT2D eigenvalue weighted by Crippen LogP contribution is -2.14. The van der Waals surface area contributed by atoms with Gasteiger partial charge in [0.05, 0.1) is 17.2 Å². The molecule has 5 rings (SSSR count). The number of benzene rings is 1. The quantitative estimate of drug-likeness (QED) is 0.252. The van der Waals surface area contributed by atoms with Crippen LogP contribution in [0.15, 0.2) is 55.0 Å². The van der Waals surface area contributed by atoms with E-state index in [1.807, 2.05) is 30.3 Å². The van der Waals surface area contributed by atoms with Gasteiger partial charge in [-0.25, -0.2) is 19.4 Å². The Kier molecular flexibility index (Phi) is 6.03. The Morgan fingerprint density at radius 1 is 1.14 bits per heavy atom. The number of hydrogen-bond acceptors (Lipinski definition) is 6. The number of aromatic nitrogens is 5. The van der Waals surface area contributed by atoms with Crippen molar-refractivity contribution in [3.63, 3.8) is 0 Å². The van der Waals surface area contributed by atoms with E-state index in [0.717, 1.165) is 29.8 Å². The molecule has 0 radical (unpaired) electrons. The highest BCUT2D eigenvalue weighted by atomic mass is 19.4. The number of para-hydroxylation sites is 1. The summed E-state index contributed by atoms with van der Waals surface area (Å²) in [5, 5.41) is 5.15. The first-order valence-corrected chi connectivity index (χ1v) is 11.5. The van der Waals surface area contributed by atoms with E-state index < -0.39 is 17.8 Å². The number of halogens is 3. The number of ether oxygens (including phenoxy) is 1. The summed E-state index contributed by atoms with van der Waals surface area (Å²) in [7, 11) is 0. The summed E-state index contributed by atoms with van der Waals surface area (Å²) in [5.74, 6) is -0.474. The zero-order chi connectivity index (χ0) is 25.4. The Balaban J connectivity index is 1.55. The van der Waals surface area contributed by atoms with E-state index in [4.69, 9.17) is 4.74 Å². The zero-order valence-corrected chi connectivity index (χ0v) is 19.5. The maximum Gasteiger partial charge on any atom is 0.433 e. The molecule has 0 bridgehead atoms. The summed E-state index contributed by atoms with van der Waals surface area (Å²) in [4.78, 5) is 25.3. The molecule has 1 aliphatic rings. The van der Waals surface area contributed by atoms with Gasteiger partial charge in [-0.05, 0) is 51.0 Å². The fourth-order valence-electron chi connectivity index (χ4n) is 3.76. The van der Waals surface area contributed by atoms with Crippen LogP contribution in [-0.2, 0) is 15.7 Å². The number of alkyl halides is 3. The van der Waals surface area contributed by atoms with Crippen LogP contribution in [0.1, 0.15) is 49.6 Å². The molecule has 1 aliphatic carbocycles. The molecular weight excluding hydrogens is 471 g/mol. The highest BCUT2D eigenvalue weighted by Crippen LogP contribution is 2.41. The Morgan fingerprint density at radius 2 is 1.92 bits per heavy atom. The number of nitrogens with zero attached hydrogens (tertiary/aromatic N) is 5. The number of carbonyl (C=O) groups is 1. The van der Waals surface area contributed by atoms with E-state index in [1.165, 1.54) is 17.2 Å². The fourth-order valence-corrected chi connectivity index (χ4v) is 3.76. The van der Waals surface area contributed by atoms with Crippen molar-refractivity contribution in [1.82, 2.24) is 24.7 Å². The standard InChI is InChI=1S/C26H22F3N5O2/c1-15(2)36-25(35)20(19-9-17-5-3-4-6-21(17)30-12-19)13-34-14-31-24(33-34)18-10-22(16-7-8-16)32-23(11-18)26(27,28)29/h3-6,9-16H,7-8H2,1-2H3/b20-13+. The van der Waals surface area contributed by atoms with Crippen molar-refractivity contribution in [1.29, 1.82) is 0 Å². The Labute approximate surface area is 204 Å². The van der Waals surface area contributed by atoms with E-state index in [-0.39, 0.29) is 29.0 Å². The van der Waals surface area contributed by atoms with E-state index in [2.05, 4.69) is 20.1 Å². The number of pyridine rings is 2. The van der Waals surface area contributed by atoms with Crippen LogP contribution in [0.2, 0.25) is 0 Å². The summed E-state index contributed by atoms with van der Waals surface area (Å²) in [6.45, 7) is 3.47.